The molecule has 0 amide bonds. The Morgan fingerprint density at radius 3 is 2.86 bits per heavy atom. The zero-order valence-corrected chi connectivity index (χ0v) is 12.4. The summed E-state index contributed by atoms with van der Waals surface area (Å²) in [5.41, 5.74) is 1.39. The van der Waals surface area contributed by atoms with E-state index in [1.54, 1.807) is 0 Å². The van der Waals surface area contributed by atoms with Gasteiger partial charge < -0.3 is 10.2 Å². The molecule has 0 bridgehead atoms. The van der Waals surface area contributed by atoms with E-state index < -0.39 is 0 Å². The fourth-order valence-corrected chi connectivity index (χ4v) is 2.69. The zero-order chi connectivity index (χ0) is 14.3. The van der Waals surface area contributed by atoms with Crippen LogP contribution in [0.3, 0.4) is 0 Å². The van der Waals surface area contributed by atoms with Crippen LogP contribution < -0.4 is 10.2 Å². The first-order valence-corrected chi connectivity index (χ1v) is 7.83. The van der Waals surface area contributed by atoms with Gasteiger partial charge in [-0.3, -0.25) is 5.10 Å². The van der Waals surface area contributed by atoms with Crippen LogP contribution in [0.25, 0.3) is 0 Å². The van der Waals surface area contributed by atoms with E-state index in [2.05, 4.69) is 55.7 Å². The Morgan fingerprint density at radius 2 is 1.95 bits per heavy atom. The van der Waals surface area contributed by atoms with Crippen LogP contribution in [-0.2, 0) is 12.8 Å². The second-order valence-corrected chi connectivity index (χ2v) is 5.51. The molecule has 2 N–H and O–H groups in total. The molecule has 0 unspecified atom stereocenters. The van der Waals surface area contributed by atoms with Gasteiger partial charge in [0.05, 0.1) is 0 Å². The summed E-state index contributed by atoms with van der Waals surface area (Å²) in [6, 6.07) is 10.6. The van der Waals surface area contributed by atoms with Crippen molar-refractivity contribution in [3.05, 3.63) is 41.7 Å². The van der Waals surface area contributed by atoms with E-state index in [1.165, 1.54) is 5.56 Å². The molecule has 2 aromatic rings. The van der Waals surface area contributed by atoms with Gasteiger partial charge in [-0.1, -0.05) is 30.3 Å². The van der Waals surface area contributed by atoms with Crippen molar-refractivity contribution in [1.82, 2.24) is 20.5 Å². The number of H-pyrrole nitrogens is 1. The normalized spacial score (nSPS) is 15.9. The van der Waals surface area contributed by atoms with Crippen LogP contribution in [0.2, 0.25) is 0 Å². The Hall–Kier alpha value is -1.88. The fourth-order valence-electron chi connectivity index (χ4n) is 2.69. The van der Waals surface area contributed by atoms with Crippen molar-refractivity contribution in [2.45, 2.75) is 25.7 Å². The van der Waals surface area contributed by atoms with Crippen LogP contribution in [0.15, 0.2) is 30.3 Å². The van der Waals surface area contributed by atoms with Crippen molar-refractivity contribution in [3.8, 4) is 0 Å². The molecule has 5 heteroatoms. The first-order valence-electron chi connectivity index (χ1n) is 7.83. The number of aromatic amines is 1. The van der Waals surface area contributed by atoms with Crippen molar-refractivity contribution in [2.75, 3.05) is 31.1 Å². The molecular formula is C16H23N5. The van der Waals surface area contributed by atoms with Crippen LogP contribution in [0.5, 0.6) is 0 Å². The molecular weight excluding hydrogens is 262 g/mol. The van der Waals surface area contributed by atoms with Gasteiger partial charge in [-0.25, -0.2) is 0 Å². The summed E-state index contributed by atoms with van der Waals surface area (Å²) >= 11 is 0. The van der Waals surface area contributed by atoms with E-state index in [-0.39, 0.29) is 0 Å². The maximum atomic E-state index is 4.64. The van der Waals surface area contributed by atoms with Gasteiger partial charge >= 0.3 is 0 Å². The number of hydrogen-bond donors (Lipinski definition) is 2. The highest BCUT2D eigenvalue weighted by Crippen LogP contribution is 2.11. The van der Waals surface area contributed by atoms with E-state index in [0.29, 0.717) is 0 Å². The van der Waals surface area contributed by atoms with E-state index in [0.717, 1.165) is 63.6 Å². The number of aryl methyl sites for hydroxylation is 2. The molecule has 0 radical (unpaired) electrons. The summed E-state index contributed by atoms with van der Waals surface area (Å²) < 4.78 is 0. The average Bonchev–Trinajstić information content (AvgIpc) is 2.82. The van der Waals surface area contributed by atoms with Crippen molar-refractivity contribution < 1.29 is 0 Å². The minimum absolute atomic E-state index is 0.855. The maximum Gasteiger partial charge on any atom is 0.244 e. The molecule has 1 aliphatic heterocycles. The minimum atomic E-state index is 0.855. The molecule has 0 saturated carbocycles. The third-order valence-electron chi connectivity index (χ3n) is 3.86. The molecule has 1 saturated heterocycles. The van der Waals surface area contributed by atoms with E-state index >= 15 is 0 Å². The molecule has 0 aliphatic carbocycles. The van der Waals surface area contributed by atoms with Crippen molar-refractivity contribution in [2.24, 2.45) is 0 Å². The molecule has 0 spiro atoms. The van der Waals surface area contributed by atoms with Gasteiger partial charge in [0.15, 0.2) is 0 Å². The van der Waals surface area contributed by atoms with Crippen LogP contribution in [0, 0.1) is 0 Å². The number of nitrogens with zero attached hydrogens (tertiary/aromatic N) is 3. The lowest BCUT2D eigenvalue weighted by molar-refractivity contribution is 0.724. The van der Waals surface area contributed by atoms with E-state index in [9.17, 15) is 0 Å². The SMILES string of the molecule is c1ccc(CCCc2nc(N3CCCNCC3)n[nH]2)cc1. The van der Waals surface area contributed by atoms with Crippen molar-refractivity contribution >= 4 is 5.95 Å². The molecule has 1 aromatic carbocycles. The maximum absolute atomic E-state index is 4.64. The Bertz CT molecular complexity index is 529. The summed E-state index contributed by atoms with van der Waals surface area (Å²) in [4.78, 5) is 6.90. The first-order chi connectivity index (χ1) is 10.4. The second kappa shape index (κ2) is 7.22. The third kappa shape index (κ3) is 4.04. The predicted octanol–water partition coefficient (Wildman–Crippen LogP) is 1.78. The monoisotopic (exact) mass is 285 g/mol. The number of rotatable bonds is 5. The highest BCUT2D eigenvalue weighted by molar-refractivity contribution is 5.28. The smallest absolute Gasteiger partial charge is 0.244 e. The quantitative estimate of drug-likeness (QED) is 0.879. The van der Waals surface area contributed by atoms with Gasteiger partial charge in [0, 0.05) is 26.1 Å². The first kappa shape index (κ1) is 14.1. The van der Waals surface area contributed by atoms with Gasteiger partial charge in [0.2, 0.25) is 5.95 Å². The van der Waals surface area contributed by atoms with Crippen molar-refractivity contribution in [1.29, 1.82) is 0 Å². The lowest BCUT2D eigenvalue weighted by Crippen LogP contribution is -2.28. The predicted molar refractivity (Wildman–Crippen MR) is 84.5 cm³/mol. The summed E-state index contributed by atoms with van der Waals surface area (Å²) in [5.74, 6) is 1.85. The molecule has 5 nitrogen and oxygen atoms in total. The topological polar surface area (TPSA) is 56.8 Å². The number of anilines is 1. The van der Waals surface area contributed by atoms with Gasteiger partial charge in [0.25, 0.3) is 0 Å². The van der Waals surface area contributed by atoms with E-state index in [1.807, 2.05) is 0 Å². The summed E-state index contributed by atoms with van der Waals surface area (Å²) in [7, 11) is 0. The number of nitrogens with one attached hydrogen (secondary N) is 2. The van der Waals surface area contributed by atoms with Gasteiger partial charge in [-0.2, -0.15) is 4.98 Å². The van der Waals surface area contributed by atoms with E-state index in [4.69, 9.17) is 0 Å². The zero-order valence-electron chi connectivity index (χ0n) is 12.4. The summed E-state index contributed by atoms with van der Waals surface area (Å²) in [5, 5.41) is 10.9. The van der Waals surface area contributed by atoms with Gasteiger partial charge in [0.1, 0.15) is 5.82 Å². The largest absolute Gasteiger partial charge is 0.338 e. The lowest BCUT2D eigenvalue weighted by atomic mass is 10.1. The van der Waals surface area contributed by atoms with Crippen LogP contribution in [-0.4, -0.2) is 41.4 Å². The molecule has 1 fully saturated rings. The molecule has 3 rings (SSSR count). The summed E-state index contributed by atoms with van der Waals surface area (Å²) in [6.45, 7) is 4.12. The number of hydrogen-bond acceptors (Lipinski definition) is 4. The molecule has 0 atom stereocenters. The standard InChI is InChI=1S/C16H23N5/c1-2-6-14(7-3-1)8-4-9-15-18-16(20-19-15)21-12-5-10-17-11-13-21/h1-3,6-7,17H,4-5,8-13H2,(H,18,19,20). The minimum Gasteiger partial charge on any atom is -0.338 e. The highest BCUT2D eigenvalue weighted by Gasteiger charge is 2.13. The molecule has 1 aliphatic rings. The Labute approximate surface area is 125 Å². The highest BCUT2D eigenvalue weighted by atomic mass is 15.4. The van der Waals surface area contributed by atoms with Crippen molar-refractivity contribution in [3.63, 3.8) is 0 Å². The molecule has 21 heavy (non-hydrogen) atoms. The number of benzene rings is 1. The number of aromatic nitrogens is 3. The Balaban J connectivity index is 1.50. The Morgan fingerprint density at radius 1 is 1.05 bits per heavy atom. The fraction of sp³-hybridized carbons (Fsp3) is 0.500. The second-order valence-electron chi connectivity index (χ2n) is 5.51. The molecule has 1 aromatic heterocycles. The average molecular weight is 285 g/mol. The molecule has 112 valence electrons. The molecule has 2 heterocycles. The van der Waals surface area contributed by atoms with Crippen LogP contribution >= 0.6 is 0 Å². The van der Waals surface area contributed by atoms with Crippen LogP contribution in [0.1, 0.15) is 24.2 Å². The lowest BCUT2D eigenvalue weighted by Gasteiger charge is -2.16. The van der Waals surface area contributed by atoms with Crippen LogP contribution in [0.4, 0.5) is 5.95 Å². The Kier molecular flexibility index (Phi) is 4.84. The third-order valence-corrected chi connectivity index (χ3v) is 3.86. The summed E-state index contributed by atoms with van der Waals surface area (Å²) in [6.07, 6.45) is 4.29. The van der Waals surface area contributed by atoms with Gasteiger partial charge in [-0.15, -0.1) is 5.10 Å². The van der Waals surface area contributed by atoms with Gasteiger partial charge in [-0.05, 0) is 31.4 Å².